The minimum absolute atomic E-state index is 0.271. The van der Waals surface area contributed by atoms with Crippen LogP contribution in [0.1, 0.15) is 5.56 Å². The molecule has 3 nitrogen and oxygen atoms in total. The van der Waals surface area contributed by atoms with Crippen LogP contribution in [0.4, 0.5) is 15.8 Å². The second-order valence-corrected chi connectivity index (χ2v) is 3.97. The van der Waals surface area contributed by atoms with Crippen molar-refractivity contribution in [3.63, 3.8) is 0 Å². The molecule has 0 fully saturated rings. The van der Waals surface area contributed by atoms with E-state index in [-0.39, 0.29) is 11.8 Å². The maximum absolute atomic E-state index is 12.7. The van der Waals surface area contributed by atoms with Crippen LogP contribution in [-0.2, 0) is 0 Å². The molecule has 0 aromatic heterocycles. The largest absolute Gasteiger partial charge is 0.369 e. The molecule has 0 bridgehead atoms. The molecular weight excluding hydrogens is 229 g/mol. The van der Waals surface area contributed by atoms with E-state index in [1.54, 1.807) is 12.1 Å². The summed E-state index contributed by atoms with van der Waals surface area (Å²) in [6.07, 6.45) is 0. The maximum atomic E-state index is 12.7. The van der Waals surface area contributed by atoms with E-state index in [4.69, 9.17) is 5.73 Å². The maximum Gasteiger partial charge on any atom is 0.198 e. The van der Waals surface area contributed by atoms with E-state index in [1.807, 2.05) is 31.2 Å². The number of guanidine groups is 1. The zero-order chi connectivity index (χ0) is 13.0. The van der Waals surface area contributed by atoms with Crippen molar-refractivity contribution in [2.75, 3.05) is 5.32 Å². The molecule has 0 saturated carbocycles. The minimum Gasteiger partial charge on any atom is -0.369 e. The number of halogens is 1. The molecule has 0 aliphatic rings. The van der Waals surface area contributed by atoms with Crippen molar-refractivity contribution < 1.29 is 4.39 Å². The number of nitrogens with one attached hydrogen (secondary N) is 1. The first-order valence-corrected chi connectivity index (χ1v) is 5.57. The van der Waals surface area contributed by atoms with Gasteiger partial charge in [0.25, 0.3) is 0 Å². The highest BCUT2D eigenvalue weighted by Gasteiger charge is 1.96. The van der Waals surface area contributed by atoms with Crippen molar-refractivity contribution in [1.82, 2.24) is 0 Å². The quantitative estimate of drug-likeness (QED) is 0.628. The Kier molecular flexibility index (Phi) is 3.57. The van der Waals surface area contributed by atoms with Gasteiger partial charge in [-0.15, -0.1) is 0 Å². The number of hydrogen-bond acceptors (Lipinski definition) is 1. The summed E-state index contributed by atoms with van der Waals surface area (Å²) in [4.78, 5) is 4.14. The standard InChI is InChI=1S/C14H14FN3/c1-10-3-2-4-13(9-10)18-14(16)17-12-7-5-11(15)6-8-12/h2-9H,1H3,(H3,16,17,18). The van der Waals surface area contributed by atoms with Gasteiger partial charge in [0.15, 0.2) is 5.96 Å². The van der Waals surface area contributed by atoms with E-state index in [1.165, 1.54) is 12.1 Å². The molecule has 0 atom stereocenters. The molecule has 4 heteroatoms. The number of hydrogen-bond donors (Lipinski definition) is 2. The molecular formula is C14H14FN3. The second-order valence-electron chi connectivity index (χ2n) is 3.97. The molecule has 0 aliphatic carbocycles. The molecule has 3 N–H and O–H groups in total. The lowest BCUT2D eigenvalue weighted by Gasteiger charge is -2.06. The Bertz CT molecular complexity index is 562. The smallest absolute Gasteiger partial charge is 0.198 e. The van der Waals surface area contributed by atoms with Crippen molar-refractivity contribution in [3.05, 3.63) is 59.9 Å². The Balaban J connectivity index is 2.12. The van der Waals surface area contributed by atoms with Crippen molar-refractivity contribution in [3.8, 4) is 0 Å². The predicted octanol–water partition coefficient (Wildman–Crippen LogP) is 3.19. The fourth-order valence-corrected chi connectivity index (χ4v) is 1.55. The van der Waals surface area contributed by atoms with E-state index in [0.29, 0.717) is 5.69 Å². The van der Waals surface area contributed by atoms with Crippen molar-refractivity contribution in [1.29, 1.82) is 0 Å². The Hall–Kier alpha value is -2.36. The van der Waals surface area contributed by atoms with E-state index >= 15 is 0 Å². The summed E-state index contributed by atoms with van der Waals surface area (Å²) in [5, 5.41) is 2.98. The first kappa shape index (κ1) is 12.1. The van der Waals surface area contributed by atoms with Gasteiger partial charge in [-0.2, -0.15) is 0 Å². The van der Waals surface area contributed by atoms with Gasteiger partial charge in [-0.25, -0.2) is 9.38 Å². The van der Waals surface area contributed by atoms with Crippen LogP contribution in [0.25, 0.3) is 0 Å². The van der Waals surface area contributed by atoms with Gasteiger partial charge >= 0.3 is 0 Å². The molecule has 0 heterocycles. The van der Waals surface area contributed by atoms with E-state index in [0.717, 1.165) is 11.3 Å². The third-order valence-electron chi connectivity index (χ3n) is 2.37. The average molecular weight is 243 g/mol. The summed E-state index contributed by atoms with van der Waals surface area (Å²) in [5.41, 5.74) is 8.38. The van der Waals surface area contributed by atoms with Crippen LogP contribution in [0, 0.1) is 12.7 Å². The van der Waals surface area contributed by atoms with Gasteiger partial charge in [-0.1, -0.05) is 12.1 Å². The minimum atomic E-state index is -0.292. The number of anilines is 1. The predicted molar refractivity (Wildman–Crippen MR) is 72.5 cm³/mol. The Morgan fingerprint density at radius 3 is 2.56 bits per heavy atom. The van der Waals surface area contributed by atoms with E-state index in [2.05, 4.69) is 10.3 Å². The molecule has 0 amide bonds. The first-order valence-electron chi connectivity index (χ1n) is 5.57. The third kappa shape index (κ3) is 3.31. The highest BCUT2D eigenvalue weighted by Crippen LogP contribution is 2.13. The fourth-order valence-electron chi connectivity index (χ4n) is 1.55. The highest BCUT2D eigenvalue weighted by atomic mass is 19.1. The second kappa shape index (κ2) is 5.31. The Morgan fingerprint density at radius 1 is 1.17 bits per heavy atom. The van der Waals surface area contributed by atoms with Crippen LogP contribution >= 0.6 is 0 Å². The zero-order valence-electron chi connectivity index (χ0n) is 10.0. The lowest BCUT2D eigenvalue weighted by atomic mass is 10.2. The first-order chi connectivity index (χ1) is 8.63. The zero-order valence-corrected chi connectivity index (χ0v) is 10.0. The van der Waals surface area contributed by atoms with Crippen molar-refractivity contribution in [2.45, 2.75) is 6.92 Å². The lowest BCUT2D eigenvalue weighted by molar-refractivity contribution is 0.628. The van der Waals surface area contributed by atoms with Gasteiger partial charge in [0.1, 0.15) is 5.82 Å². The van der Waals surface area contributed by atoms with Gasteiger partial charge in [-0.05, 0) is 48.9 Å². The van der Waals surface area contributed by atoms with E-state index < -0.39 is 0 Å². The molecule has 0 radical (unpaired) electrons. The van der Waals surface area contributed by atoms with Crippen molar-refractivity contribution >= 4 is 17.3 Å². The molecule has 0 saturated heterocycles. The highest BCUT2D eigenvalue weighted by molar-refractivity contribution is 5.94. The molecule has 2 aromatic carbocycles. The fraction of sp³-hybridized carbons (Fsp3) is 0.0714. The molecule has 92 valence electrons. The van der Waals surface area contributed by atoms with Gasteiger partial charge < -0.3 is 11.1 Å². The van der Waals surface area contributed by atoms with Crippen LogP contribution in [0.15, 0.2) is 53.5 Å². The number of nitrogens with two attached hydrogens (primary N) is 1. The normalized spacial score (nSPS) is 11.3. The Labute approximate surface area is 105 Å². The summed E-state index contributed by atoms with van der Waals surface area (Å²) in [6.45, 7) is 2.00. The van der Waals surface area contributed by atoms with Gasteiger partial charge in [0.2, 0.25) is 0 Å². The topological polar surface area (TPSA) is 50.4 Å². The summed E-state index contributed by atoms with van der Waals surface area (Å²) >= 11 is 0. The lowest BCUT2D eigenvalue weighted by Crippen LogP contribution is -2.21. The van der Waals surface area contributed by atoms with Gasteiger partial charge in [0, 0.05) is 5.69 Å². The molecule has 2 aromatic rings. The summed E-state index contributed by atoms with van der Waals surface area (Å²) < 4.78 is 12.7. The number of benzene rings is 2. The van der Waals surface area contributed by atoms with Crippen molar-refractivity contribution in [2.24, 2.45) is 10.7 Å². The summed E-state index contributed by atoms with van der Waals surface area (Å²) in [6, 6.07) is 13.6. The molecule has 0 spiro atoms. The van der Waals surface area contributed by atoms with Gasteiger partial charge in [0.05, 0.1) is 5.69 Å². The summed E-state index contributed by atoms with van der Waals surface area (Å²) in [5.74, 6) is -0.0219. The van der Waals surface area contributed by atoms with Crippen LogP contribution in [0.5, 0.6) is 0 Å². The number of aliphatic imine (C=N–C) groups is 1. The third-order valence-corrected chi connectivity index (χ3v) is 2.37. The van der Waals surface area contributed by atoms with Crippen LogP contribution in [0.2, 0.25) is 0 Å². The number of aryl methyl sites for hydroxylation is 1. The van der Waals surface area contributed by atoms with Crippen LogP contribution < -0.4 is 11.1 Å². The summed E-state index contributed by atoms with van der Waals surface area (Å²) in [7, 11) is 0. The molecule has 0 unspecified atom stereocenters. The number of rotatable bonds is 2. The molecule has 2 rings (SSSR count). The Morgan fingerprint density at radius 2 is 1.89 bits per heavy atom. The number of nitrogens with zero attached hydrogens (tertiary/aromatic N) is 1. The van der Waals surface area contributed by atoms with Crippen LogP contribution in [0.3, 0.4) is 0 Å². The van der Waals surface area contributed by atoms with Crippen LogP contribution in [-0.4, -0.2) is 5.96 Å². The average Bonchev–Trinajstić information content (AvgIpc) is 2.32. The van der Waals surface area contributed by atoms with Gasteiger partial charge in [-0.3, -0.25) is 0 Å². The van der Waals surface area contributed by atoms with E-state index in [9.17, 15) is 4.39 Å². The molecule has 0 aliphatic heterocycles. The molecule has 18 heavy (non-hydrogen) atoms. The monoisotopic (exact) mass is 243 g/mol. The SMILES string of the molecule is Cc1cccc(NC(N)=Nc2ccc(F)cc2)c1.